The molecule has 1 aliphatic carbocycles. The number of pyridine rings is 1. The van der Waals surface area contributed by atoms with Gasteiger partial charge in [0.2, 0.25) is 17.4 Å². The lowest BCUT2D eigenvalue weighted by Crippen LogP contribution is -2.50. The number of nitrogens with one attached hydrogen (secondary N) is 1. The number of H-pyrrole nitrogens is 1. The Kier molecular flexibility index (Phi) is 4.29. The summed E-state index contributed by atoms with van der Waals surface area (Å²) in [4.78, 5) is 17.7. The molecule has 7 nitrogen and oxygen atoms in total. The van der Waals surface area contributed by atoms with Gasteiger partial charge >= 0.3 is 0 Å². The van der Waals surface area contributed by atoms with Gasteiger partial charge in [-0.05, 0) is 56.9 Å². The van der Waals surface area contributed by atoms with Gasteiger partial charge in [-0.3, -0.25) is 9.88 Å². The molecule has 1 fully saturated rings. The standard InChI is InChI=1S/C25H25N7/c1-16-14-17(2)28-25(27-16)31-12-10-30(11-13-31)24-19-7-5-6-18(19)20(15-26)23-29-21-8-3-4-9-22(21)32(23)24/h3-4,8-9,14H,5-7,10-13H2,1-2H3/p+1. The first-order valence-electron chi connectivity index (χ1n) is 11.4. The number of nitriles is 1. The quantitative estimate of drug-likeness (QED) is 0.501. The zero-order valence-corrected chi connectivity index (χ0v) is 18.5. The molecule has 0 amide bonds. The molecule has 4 aromatic rings. The van der Waals surface area contributed by atoms with Crippen LogP contribution in [0.3, 0.4) is 0 Å². The van der Waals surface area contributed by atoms with Crippen LogP contribution in [0.25, 0.3) is 16.7 Å². The second-order valence-corrected chi connectivity index (χ2v) is 8.87. The molecule has 0 spiro atoms. The van der Waals surface area contributed by atoms with Crippen molar-refractivity contribution in [1.82, 2.24) is 15.0 Å². The third-order valence-corrected chi connectivity index (χ3v) is 6.80. The number of aromatic nitrogens is 4. The van der Waals surface area contributed by atoms with Crippen molar-refractivity contribution in [3.05, 3.63) is 58.4 Å². The zero-order chi connectivity index (χ0) is 21.8. The average Bonchev–Trinajstić information content (AvgIpc) is 3.42. The normalized spacial score (nSPS) is 16.0. The average molecular weight is 425 g/mol. The maximum absolute atomic E-state index is 10.0. The molecule has 3 aromatic heterocycles. The second-order valence-electron chi connectivity index (χ2n) is 8.87. The molecule has 0 saturated carbocycles. The number of benzene rings is 1. The molecule has 1 aromatic carbocycles. The summed E-state index contributed by atoms with van der Waals surface area (Å²) < 4.78 is 2.29. The van der Waals surface area contributed by atoms with Gasteiger partial charge < -0.3 is 4.90 Å². The van der Waals surface area contributed by atoms with Crippen molar-refractivity contribution in [3.8, 4) is 6.07 Å². The van der Waals surface area contributed by atoms with Crippen LogP contribution in [0.1, 0.15) is 34.5 Å². The van der Waals surface area contributed by atoms with E-state index in [4.69, 9.17) is 0 Å². The van der Waals surface area contributed by atoms with E-state index in [9.17, 15) is 5.26 Å². The number of fused-ring (bicyclic) bond motifs is 4. The van der Waals surface area contributed by atoms with Crippen molar-refractivity contribution in [1.29, 1.82) is 5.26 Å². The Balaban J connectivity index is 1.45. The van der Waals surface area contributed by atoms with Crippen molar-refractivity contribution in [2.45, 2.75) is 33.1 Å². The van der Waals surface area contributed by atoms with Gasteiger partial charge in [0.1, 0.15) is 22.7 Å². The van der Waals surface area contributed by atoms with E-state index in [0.29, 0.717) is 0 Å². The van der Waals surface area contributed by atoms with E-state index in [0.717, 1.165) is 85.0 Å². The molecule has 0 radical (unpaired) electrons. The third-order valence-electron chi connectivity index (χ3n) is 6.80. The van der Waals surface area contributed by atoms with Gasteiger partial charge in [0.15, 0.2) is 0 Å². The van der Waals surface area contributed by atoms with Crippen LogP contribution in [0.5, 0.6) is 0 Å². The number of nitrogens with zero attached hydrogens (tertiary/aromatic N) is 6. The summed E-state index contributed by atoms with van der Waals surface area (Å²) >= 11 is 0. The van der Waals surface area contributed by atoms with E-state index >= 15 is 0 Å². The van der Waals surface area contributed by atoms with Gasteiger partial charge in [-0.15, -0.1) is 0 Å². The molecule has 1 N–H and O–H groups in total. The molecule has 32 heavy (non-hydrogen) atoms. The minimum absolute atomic E-state index is 0.805. The highest BCUT2D eigenvalue weighted by molar-refractivity contribution is 5.78. The Morgan fingerprint density at radius 1 is 0.969 bits per heavy atom. The second kappa shape index (κ2) is 7.20. The maximum atomic E-state index is 10.0. The molecule has 160 valence electrons. The van der Waals surface area contributed by atoms with Gasteiger partial charge in [-0.25, -0.2) is 9.97 Å². The van der Waals surface area contributed by atoms with E-state index < -0.39 is 0 Å². The first kappa shape index (κ1) is 19.1. The predicted octanol–water partition coefficient (Wildman–Crippen LogP) is 3.00. The first-order chi connectivity index (χ1) is 15.6. The largest absolute Gasteiger partial charge is 0.334 e. The Labute approximate surface area is 186 Å². The van der Waals surface area contributed by atoms with Crippen LogP contribution in [-0.2, 0) is 12.8 Å². The lowest BCUT2D eigenvalue weighted by atomic mass is 10.0. The molecular formula is C25H26N7+. The Bertz CT molecular complexity index is 1380. The van der Waals surface area contributed by atoms with Crippen molar-refractivity contribution >= 4 is 28.4 Å². The van der Waals surface area contributed by atoms with Crippen molar-refractivity contribution in [2.24, 2.45) is 0 Å². The highest BCUT2D eigenvalue weighted by Crippen LogP contribution is 2.34. The molecule has 1 aliphatic heterocycles. The van der Waals surface area contributed by atoms with Gasteiger partial charge in [0.25, 0.3) is 0 Å². The van der Waals surface area contributed by atoms with Crippen LogP contribution in [-0.4, -0.2) is 41.1 Å². The molecule has 0 atom stereocenters. The van der Waals surface area contributed by atoms with Crippen molar-refractivity contribution < 1.29 is 4.40 Å². The van der Waals surface area contributed by atoms with Crippen molar-refractivity contribution in [3.63, 3.8) is 0 Å². The van der Waals surface area contributed by atoms with Gasteiger partial charge in [0, 0.05) is 17.0 Å². The number of para-hydroxylation sites is 2. The molecule has 2 aliphatic rings. The minimum atomic E-state index is 0.805. The summed E-state index contributed by atoms with van der Waals surface area (Å²) in [5.41, 5.74) is 8.52. The fourth-order valence-corrected chi connectivity index (χ4v) is 5.44. The first-order valence-corrected chi connectivity index (χ1v) is 11.4. The number of piperazine rings is 1. The third kappa shape index (κ3) is 2.83. The predicted molar refractivity (Wildman–Crippen MR) is 124 cm³/mol. The molecule has 1 saturated heterocycles. The molecule has 0 unspecified atom stereocenters. The highest BCUT2D eigenvalue weighted by atomic mass is 15.3. The Morgan fingerprint density at radius 2 is 1.66 bits per heavy atom. The van der Waals surface area contributed by atoms with Crippen LogP contribution in [0.4, 0.5) is 11.8 Å². The summed E-state index contributed by atoms with van der Waals surface area (Å²) in [7, 11) is 0. The molecular weight excluding hydrogens is 398 g/mol. The van der Waals surface area contributed by atoms with Crippen LogP contribution < -0.4 is 14.2 Å². The van der Waals surface area contributed by atoms with Gasteiger partial charge in [-0.2, -0.15) is 9.66 Å². The van der Waals surface area contributed by atoms with Crippen LogP contribution in [0.15, 0.2) is 30.3 Å². The van der Waals surface area contributed by atoms with E-state index in [-0.39, 0.29) is 0 Å². The summed E-state index contributed by atoms with van der Waals surface area (Å²) in [6, 6.07) is 12.9. The van der Waals surface area contributed by atoms with Crippen molar-refractivity contribution in [2.75, 3.05) is 36.0 Å². The van der Waals surface area contributed by atoms with Crippen LogP contribution in [0, 0.1) is 25.2 Å². The van der Waals surface area contributed by atoms with E-state index in [1.165, 1.54) is 16.9 Å². The van der Waals surface area contributed by atoms with Crippen LogP contribution >= 0.6 is 0 Å². The Morgan fingerprint density at radius 3 is 2.41 bits per heavy atom. The highest BCUT2D eigenvalue weighted by Gasteiger charge is 2.34. The zero-order valence-electron chi connectivity index (χ0n) is 18.5. The lowest BCUT2D eigenvalue weighted by Gasteiger charge is -2.33. The number of aryl methyl sites for hydroxylation is 2. The molecule has 0 bridgehead atoms. The smallest absolute Gasteiger partial charge is 0.250 e. The minimum Gasteiger partial charge on any atom is -0.334 e. The summed E-state index contributed by atoms with van der Waals surface area (Å²) in [5, 5.41) is 10.0. The van der Waals surface area contributed by atoms with E-state index in [2.05, 4.69) is 53.4 Å². The number of hydrogen-bond donors (Lipinski definition) is 1. The lowest BCUT2D eigenvalue weighted by molar-refractivity contribution is -0.468. The van der Waals surface area contributed by atoms with Crippen LogP contribution in [0.2, 0.25) is 0 Å². The van der Waals surface area contributed by atoms with Gasteiger partial charge in [0.05, 0.1) is 26.2 Å². The monoisotopic (exact) mass is 424 g/mol. The molecule has 6 rings (SSSR count). The number of anilines is 2. The Hall–Kier alpha value is -3.66. The topological polar surface area (TPSA) is 75.9 Å². The molecule has 7 heteroatoms. The number of aromatic amines is 1. The summed E-state index contributed by atoms with van der Waals surface area (Å²) in [5.74, 6) is 2.09. The fourth-order valence-electron chi connectivity index (χ4n) is 5.44. The fraction of sp³-hybridized carbons (Fsp3) is 0.360. The molecule has 4 heterocycles. The maximum Gasteiger partial charge on any atom is 0.250 e. The van der Waals surface area contributed by atoms with Gasteiger partial charge in [-0.1, -0.05) is 12.1 Å². The number of hydrogen-bond acceptors (Lipinski definition) is 5. The summed E-state index contributed by atoms with van der Waals surface area (Å²) in [6.07, 6.45) is 3.12. The number of imidazole rings is 1. The van der Waals surface area contributed by atoms with E-state index in [1.807, 2.05) is 26.0 Å². The van der Waals surface area contributed by atoms with E-state index in [1.54, 1.807) is 0 Å². The number of rotatable bonds is 2. The summed E-state index contributed by atoms with van der Waals surface area (Å²) in [6.45, 7) is 7.61. The SMILES string of the molecule is Cc1cc(C)nc(N2CCN(c3c4c(c(C#N)c5[nH]c6ccccc6[n+]35)CCC4)CC2)n1.